The number of rotatable bonds is 1. The summed E-state index contributed by atoms with van der Waals surface area (Å²) in [5.74, 6) is 0. The molecule has 0 unspecified atom stereocenters. The molecule has 0 N–H and O–H groups in total. The van der Waals surface area contributed by atoms with Crippen LogP contribution in [0.5, 0.6) is 0 Å². The van der Waals surface area contributed by atoms with Crippen molar-refractivity contribution >= 4 is 33.2 Å². The van der Waals surface area contributed by atoms with Gasteiger partial charge in [0, 0.05) is 41.9 Å². The van der Waals surface area contributed by atoms with Crippen LogP contribution in [-0.2, 0) is 4.74 Å². The number of anilines is 1. The summed E-state index contributed by atoms with van der Waals surface area (Å²) in [6.07, 6.45) is 2.41. The van der Waals surface area contributed by atoms with Gasteiger partial charge in [-0.3, -0.25) is 0 Å². The van der Waals surface area contributed by atoms with Gasteiger partial charge < -0.3 is 9.64 Å². The number of benzene rings is 1. The Bertz CT molecular complexity index is 423. The van der Waals surface area contributed by atoms with Crippen molar-refractivity contribution in [3.05, 3.63) is 27.7 Å². The zero-order valence-corrected chi connectivity index (χ0v) is 11.9. The number of hydrogen-bond acceptors (Lipinski definition) is 2. The monoisotopic (exact) mass is 315 g/mol. The maximum atomic E-state index is 6.01. The summed E-state index contributed by atoms with van der Waals surface area (Å²) in [5, 5.41) is 0.773. The van der Waals surface area contributed by atoms with Crippen molar-refractivity contribution in [3.8, 4) is 0 Å². The van der Waals surface area contributed by atoms with Crippen LogP contribution in [0.25, 0.3) is 0 Å². The van der Waals surface area contributed by atoms with Crippen molar-refractivity contribution < 1.29 is 4.74 Å². The molecule has 0 aliphatic carbocycles. The molecule has 0 aromatic heterocycles. The minimum absolute atomic E-state index is 0.518. The molecule has 2 heterocycles. The average Bonchev–Trinajstić information content (AvgIpc) is 2.31. The van der Waals surface area contributed by atoms with Crippen molar-refractivity contribution in [1.29, 1.82) is 0 Å². The summed E-state index contributed by atoms with van der Waals surface area (Å²) in [5.41, 5.74) is 1.78. The third kappa shape index (κ3) is 2.20. The molecule has 0 bridgehead atoms. The van der Waals surface area contributed by atoms with Crippen LogP contribution in [0.3, 0.4) is 0 Å². The lowest BCUT2D eigenvalue weighted by Gasteiger charge is -2.53. The van der Waals surface area contributed by atoms with E-state index in [0.29, 0.717) is 5.41 Å². The molecule has 2 aliphatic heterocycles. The Kier molecular flexibility index (Phi) is 3.09. The fraction of sp³-hybridized carbons (Fsp3) is 0.538. The van der Waals surface area contributed by atoms with Crippen LogP contribution in [0, 0.1) is 5.41 Å². The van der Waals surface area contributed by atoms with Gasteiger partial charge in [-0.1, -0.05) is 11.6 Å². The molecule has 17 heavy (non-hydrogen) atoms. The molecule has 1 aromatic carbocycles. The second kappa shape index (κ2) is 4.45. The van der Waals surface area contributed by atoms with Gasteiger partial charge in [-0.05, 0) is 47.0 Å². The number of hydrogen-bond donors (Lipinski definition) is 0. The normalized spacial score (nSPS) is 22.6. The maximum absolute atomic E-state index is 6.01. The molecule has 1 aromatic rings. The summed E-state index contributed by atoms with van der Waals surface area (Å²) >= 11 is 9.48. The number of ether oxygens (including phenoxy) is 1. The number of nitrogens with zero attached hydrogens (tertiary/aromatic N) is 1. The Morgan fingerprint density at radius 2 is 1.94 bits per heavy atom. The van der Waals surface area contributed by atoms with E-state index in [1.807, 2.05) is 6.07 Å². The summed E-state index contributed by atoms with van der Waals surface area (Å²) in [6.45, 7) is 4.17. The first-order chi connectivity index (χ1) is 8.19. The molecule has 0 atom stereocenters. The van der Waals surface area contributed by atoms with Gasteiger partial charge in [-0.2, -0.15) is 0 Å². The van der Waals surface area contributed by atoms with Gasteiger partial charge in [-0.25, -0.2) is 0 Å². The lowest BCUT2D eigenvalue weighted by Crippen LogP contribution is -2.58. The average molecular weight is 317 g/mol. The Morgan fingerprint density at radius 3 is 2.59 bits per heavy atom. The minimum Gasteiger partial charge on any atom is -0.381 e. The second-order valence-corrected chi connectivity index (χ2v) is 6.33. The highest BCUT2D eigenvalue weighted by molar-refractivity contribution is 9.10. The highest BCUT2D eigenvalue weighted by atomic mass is 79.9. The van der Waals surface area contributed by atoms with Crippen molar-refractivity contribution in [2.45, 2.75) is 12.8 Å². The van der Waals surface area contributed by atoms with E-state index >= 15 is 0 Å². The standard InChI is InChI=1S/C13H15BrClNO/c14-11-7-10(1-2-12(11)15)16-8-13(9-16)3-5-17-6-4-13/h1-2,7H,3-6,8-9H2. The van der Waals surface area contributed by atoms with Gasteiger partial charge in [0.1, 0.15) is 0 Å². The topological polar surface area (TPSA) is 12.5 Å². The van der Waals surface area contributed by atoms with Crippen LogP contribution >= 0.6 is 27.5 Å². The molecule has 1 spiro atoms. The summed E-state index contributed by atoms with van der Waals surface area (Å²) in [7, 11) is 0. The molecule has 2 saturated heterocycles. The van der Waals surface area contributed by atoms with Gasteiger partial charge >= 0.3 is 0 Å². The zero-order chi connectivity index (χ0) is 11.9. The molecule has 0 amide bonds. The highest BCUT2D eigenvalue weighted by Crippen LogP contribution is 2.42. The smallest absolute Gasteiger partial charge is 0.0549 e. The van der Waals surface area contributed by atoms with E-state index in [0.717, 1.165) is 35.8 Å². The van der Waals surface area contributed by atoms with Crippen LogP contribution < -0.4 is 4.90 Å². The largest absolute Gasteiger partial charge is 0.381 e. The van der Waals surface area contributed by atoms with Crippen LogP contribution in [-0.4, -0.2) is 26.3 Å². The van der Waals surface area contributed by atoms with Crippen LogP contribution in [0.2, 0.25) is 5.02 Å². The van der Waals surface area contributed by atoms with Crippen molar-refractivity contribution in [1.82, 2.24) is 0 Å². The predicted octanol–water partition coefficient (Wildman–Crippen LogP) is 3.72. The summed E-state index contributed by atoms with van der Waals surface area (Å²) < 4.78 is 6.41. The maximum Gasteiger partial charge on any atom is 0.0549 e. The van der Waals surface area contributed by atoms with Crippen molar-refractivity contribution in [2.24, 2.45) is 5.41 Å². The molecular formula is C13H15BrClNO. The third-order valence-corrected chi connectivity index (χ3v) is 5.09. The van der Waals surface area contributed by atoms with Gasteiger partial charge in [-0.15, -0.1) is 0 Å². The Morgan fingerprint density at radius 1 is 1.24 bits per heavy atom. The van der Waals surface area contributed by atoms with Gasteiger partial charge in [0.2, 0.25) is 0 Å². The van der Waals surface area contributed by atoms with Crippen LogP contribution in [0.15, 0.2) is 22.7 Å². The first-order valence-electron chi connectivity index (χ1n) is 5.96. The number of halogens is 2. The first-order valence-corrected chi connectivity index (χ1v) is 7.13. The van der Waals surface area contributed by atoms with E-state index in [-0.39, 0.29) is 0 Å². The van der Waals surface area contributed by atoms with Gasteiger partial charge in [0.05, 0.1) is 5.02 Å². The van der Waals surface area contributed by atoms with E-state index in [1.165, 1.54) is 18.5 Å². The zero-order valence-electron chi connectivity index (χ0n) is 9.59. The second-order valence-electron chi connectivity index (χ2n) is 5.07. The van der Waals surface area contributed by atoms with Crippen molar-refractivity contribution in [2.75, 3.05) is 31.2 Å². The quantitative estimate of drug-likeness (QED) is 0.783. The SMILES string of the molecule is Clc1ccc(N2CC3(CCOCC3)C2)cc1Br. The Labute approximate surface area is 115 Å². The molecular weight excluding hydrogens is 302 g/mol. The van der Waals surface area contributed by atoms with E-state index in [2.05, 4.69) is 33.0 Å². The van der Waals surface area contributed by atoms with E-state index in [1.54, 1.807) is 0 Å². The molecule has 0 radical (unpaired) electrons. The molecule has 0 saturated carbocycles. The molecule has 3 rings (SSSR count). The van der Waals surface area contributed by atoms with Gasteiger partial charge in [0.15, 0.2) is 0 Å². The third-order valence-electron chi connectivity index (χ3n) is 3.87. The highest BCUT2D eigenvalue weighted by Gasteiger charge is 2.43. The first kappa shape index (κ1) is 11.8. The van der Waals surface area contributed by atoms with Crippen LogP contribution in [0.4, 0.5) is 5.69 Å². The predicted molar refractivity (Wildman–Crippen MR) is 73.9 cm³/mol. The Balaban J connectivity index is 1.70. The lowest BCUT2D eigenvalue weighted by atomic mass is 9.73. The molecule has 4 heteroatoms. The Hall–Kier alpha value is -0.250. The van der Waals surface area contributed by atoms with E-state index < -0.39 is 0 Å². The fourth-order valence-electron chi connectivity index (χ4n) is 2.75. The molecule has 92 valence electrons. The van der Waals surface area contributed by atoms with E-state index in [9.17, 15) is 0 Å². The van der Waals surface area contributed by atoms with Crippen molar-refractivity contribution in [3.63, 3.8) is 0 Å². The minimum atomic E-state index is 0.518. The van der Waals surface area contributed by atoms with E-state index in [4.69, 9.17) is 16.3 Å². The van der Waals surface area contributed by atoms with Crippen LogP contribution in [0.1, 0.15) is 12.8 Å². The fourth-order valence-corrected chi connectivity index (χ4v) is 3.23. The molecule has 2 nitrogen and oxygen atoms in total. The molecule has 2 fully saturated rings. The molecule has 2 aliphatic rings. The summed E-state index contributed by atoms with van der Waals surface area (Å²) in [4.78, 5) is 2.42. The lowest BCUT2D eigenvalue weighted by molar-refractivity contribution is -0.000193. The van der Waals surface area contributed by atoms with Gasteiger partial charge in [0.25, 0.3) is 0 Å². The summed E-state index contributed by atoms with van der Waals surface area (Å²) in [6, 6.07) is 6.16.